The summed E-state index contributed by atoms with van der Waals surface area (Å²) in [6.45, 7) is 0. The third-order valence-corrected chi connectivity index (χ3v) is 12.1. The number of rotatable bonds is 14. The molecule has 11 nitrogen and oxygen atoms in total. The van der Waals surface area contributed by atoms with E-state index in [-0.39, 0.29) is 22.8 Å². The molecule has 0 aromatic heterocycles. The Labute approximate surface area is 401 Å². The maximum atomic E-state index is 12.6. The van der Waals surface area contributed by atoms with Crippen molar-refractivity contribution in [2.24, 2.45) is 20.0 Å². The van der Waals surface area contributed by atoms with Gasteiger partial charge in [0, 0.05) is 48.0 Å². The Morgan fingerprint density at radius 3 is 1.23 bits per heavy atom. The van der Waals surface area contributed by atoms with Gasteiger partial charge in [0.1, 0.15) is 10.6 Å². The van der Waals surface area contributed by atoms with Gasteiger partial charge < -0.3 is 21.1 Å². The molecule has 69 heavy (non-hydrogen) atoms. The number of phenols is 1. The van der Waals surface area contributed by atoms with E-state index in [1.165, 1.54) is 12.1 Å². The van der Waals surface area contributed by atoms with E-state index in [2.05, 4.69) is 25.9 Å². The van der Waals surface area contributed by atoms with Crippen LogP contribution in [0.2, 0.25) is 0 Å². The molecule has 7 aromatic carbocycles. The number of nitrogens with zero attached hydrogens (tertiary/aromatic N) is 4. The molecule has 0 heterocycles. The summed E-state index contributed by atoms with van der Waals surface area (Å²) in [7, 11) is -2.90. The molecule has 0 saturated carbocycles. The van der Waals surface area contributed by atoms with E-state index in [0.717, 1.165) is 79.3 Å². The first-order chi connectivity index (χ1) is 33.6. The zero-order valence-electron chi connectivity index (χ0n) is 37.5. The van der Waals surface area contributed by atoms with Crippen LogP contribution in [0, 0.1) is 0 Å². The van der Waals surface area contributed by atoms with Gasteiger partial charge in [-0.15, -0.1) is 0 Å². The van der Waals surface area contributed by atoms with Crippen LogP contribution in [0.25, 0.3) is 0 Å². The summed E-state index contributed by atoms with van der Waals surface area (Å²) in [6.07, 6.45) is 16.4. The highest BCUT2D eigenvalue weighted by atomic mass is 32.2. The number of nitrogens with one attached hydrogen (secondary N) is 3. The van der Waals surface area contributed by atoms with Crippen LogP contribution in [0.3, 0.4) is 0 Å². The Morgan fingerprint density at radius 1 is 0.435 bits per heavy atom. The smallest absolute Gasteiger partial charge is 0.296 e. The van der Waals surface area contributed by atoms with Crippen molar-refractivity contribution in [3.63, 3.8) is 0 Å². The van der Waals surface area contributed by atoms with Crippen molar-refractivity contribution in [1.29, 1.82) is 0 Å². The molecular formula is C57H47N7O4S. The second kappa shape index (κ2) is 20.9. The van der Waals surface area contributed by atoms with E-state index in [0.29, 0.717) is 17.7 Å². The predicted molar refractivity (Wildman–Crippen MR) is 283 cm³/mol. The van der Waals surface area contributed by atoms with Gasteiger partial charge >= 0.3 is 0 Å². The summed E-state index contributed by atoms with van der Waals surface area (Å²) in [6, 6.07) is 51.6. The van der Waals surface area contributed by atoms with Crippen LogP contribution >= 0.6 is 0 Å². The van der Waals surface area contributed by atoms with Crippen LogP contribution in [0.5, 0.6) is 5.75 Å². The van der Waals surface area contributed by atoms with Crippen molar-refractivity contribution in [1.82, 2.24) is 0 Å². The second-order valence-electron chi connectivity index (χ2n) is 16.3. The van der Waals surface area contributed by atoms with Crippen LogP contribution < -0.4 is 16.0 Å². The molecule has 0 saturated heterocycles. The van der Waals surface area contributed by atoms with Crippen molar-refractivity contribution in [3.05, 3.63) is 235 Å². The van der Waals surface area contributed by atoms with Gasteiger partial charge in [0.05, 0.1) is 45.6 Å². The first-order valence-electron chi connectivity index (χ1n) is 22.2. The van der Waals surface area contributed by atoms with E-state index in [1.807, 2.05) is 200 Å². The number of aromatic hydroxyl groups is 1. The zero-order chi connectivity index (χ0) is 47.6. The van der Waals surface area contributed by atoms with E-state index in [1.54, 1.807) is 7.05 Å². The second-order valence-corrected chi connectivity index (χ2v) is 17.7. The lowest BCUT2D eigenvalue weighted by Crippen LogP contribution is -2.05. The summed E-state index contributed by atoms with van der Waals surface area (Å²) < 4.78 is 35.5. The molecule has 0 bridgehead atoms. The first-order valence-corrected chi connectivity index (χ1v) is 23.6. The summed E-state index contributed by atoms with van der Waals surface area (Å²) in [4.78, 5) is 18.0. The Hall–Kier alpha value is -8.71. The standard InChI is InChI=1S/C57H47N7O4S/c1-58-43-19-21-47(22-20-43)62-51-31-27-50(28-32-51)61-46-15-11-41(12-16-46)36-42-37-57(69(66,67)68)55(38-56(42)65)64-54-17-9-40(10-18-54)35-39-7-13-45(14-8-39)60-49-29-33-53(34-30-49)63-52-25-23-48(24-26-52)59-44-5-3-2-4-6-44/h2-34,37-38,59,61,64-65H,35-36H2,1H3,(H,66,67,68). The molecular weight excluding hydrogens is 879 g/mol. The first kappa shape index (κ1) is 45.4. The van der Waals surface area contributed by atoms with Gasteiger partial charge in [0.15, 0.2) is 0 Å². The molecule has 2 aliphatic carbocycles. The third-order valence-electron chi connectivity index (χ3n) is 11.2. The largest absolute Gasteiger partial charge is 0.508 e. The molecule has 2 aliphatic rings. The van der Waals surface area contributed by atoms with Gasteiger partial charge in [-0.3, -0.25) is 9.55 Å². The average molecular weight is 926 g/mol. The minimum atomic E-state index is -4.65. The lowest BCUT2D eigenvalue weighted by atomic mass is 10.0. The van der Waals surface area contributed by atoms with E-state index in [4.69, 9.17) is 9.98 Å². The summed E-state index contributed by atoms with van der Waals surface area (Å²) in [5.74, 6) is -0.108. The van der Waals surface area contributed by atoms with Crippen LogP contribution in [0.1, 0.15) is 22.3 Å². The highest BCUT2D eigenvalue weighted by Crippen LogP contribution is 2.34. The van der Waals surface area contributed by atoms with Gasteiger partial charge in [0.25, 0.3) is 10.1 Å². The summed E-state index contributed by atoms with van der Waals surface area (Å²) in [5.41, 5.74) is 13.6. The molecule has 0 unspecified atom stereocenters. The van der Waals surface area contributed by atoms with E-state index in [9.17, 15) is 18.1 Å². The minimum absolute atomic E-state index is 0.0563. The summed E-state index contributed by atoms with van der Waals surface area (Å²) in [5, 5.41) is 20.9. The van der Waals surface area contributed by atoms with Crippen molar-refractivity contribution in [2.75, 3.05) is 23.0 Å². The normalized spacial score (nSPS) is 13.0. The molecule has 340 valence electrons. The van der Waals surface area contributed by atoms with Crippen LogP contribution in [0.4, 0.5) is 51.2 Å². The lowest BCUT2D eigenvalue weighted by Gasteiger charge is -2.15. The van der Waals surface area contributed by atoms with Gasteiger partial charge in [-0.25, -0.2) is 15.0 Å². The highest BCUT2D eigenvalue weighted by molar-refractivity contribution is 7.86. The van der Waals surface area contributed by atoms with Gasteiger partial charge in [-0.05, 0) is 180 Å². The molecule has 0 aliphatic heterocycles. The molecule has 12 heteroatoms. The summed E-state index contributed by atoms with van der Waals surface area (Å²) >= 11 is 0. The Balaban J connectivity index is 0.776. The van der Waals surface area contributed by atoms with Gasteiger partial charge in [-0.1, -0.05) is 54.6 Å². The predicted octanol–water partition coefficient (Wildman–Crippen LogP) is 13.3. The number of hydrogen-bond acceptors (Lipinski definition) is 10. The van der Waals surface area contributed by atoms with Crippen molar-refractivity contribution in [3.8, 4) is 5.75 Å². The van der Waals surface area contributed by atoms with E-state index < -0.39 is 10.1 Å². The molecule has 0 fully saturated rings. The molecule has 5 N–H and O–H groups in total. The quantitative estimate of drug-likeness (QED) is 0.0536. The zero-order valence-corrected chi connectivity index (χ0v) is 38.3. The van der Waals surface area contributed by atoms with Crippen LogP contribution in [0.15, 0.2) is 237 Å². The van der Waals surface area contributed by atoms with E-state index >= 15 is 0 Å². The monoisotopic (exact) mass is 925 g/mol. The molecule has 9 rings (SSSR count). The molecule has 0 spiro atoms. The Kier molecular flexibility index (Phi) is 13.7. The Morgan fingerprint density at radius 2 is 0.797 bits per heavy atom. The van der Waals surface area contributed by atoms with Crippen molar-refractivity contribution >= 4 is 84.2 Å². The number of aliphatic imine (C=N–C) groups is 4. The van der Waals surface area contributed by atoms with Gasteiger partial charge in [0.2, 0.25) is 0 Å². The fourth-order valence-electron chi connectivity index (χ4n) is 7.59. The molecule has 0 amide bonds. The number of phenolic OH excluding ortho intramolecular Hbond substituents is 1. The number of allylic oxidation sites excluding steroid dienone is 8. The molecule has 0 radical (unpaired) electrons. The number of para-hydroxylation sites is 1. The highest BCUT2D eigenvalue weighted by Gasteiger charge is 2.20. The number of anilines is 6. The van der Waals surface area contributed by atoms with Crippen molar-refractivity contribution < 1.29 is 18.1 Å². The third kappa shape index (κ3) is 12.4. The minimum Gasteiger partial charge on any atom is -0.508 e. The SMILES string of the molecule is CN=C1C=CC(=Nc2ccc(Nc3ccc(Cc4cc(S(=O)(=O)O)c(Nc5ccc(Cc6ccc(N=C7C=CC(=Nc8ccc(Nc9ccccc9)cc8)C=C7)cc6)cc5)cc4O)cc3)cc2)C=C1. The average Bonchev–Trinajstić information content (AvgIpc) is 3.36. The number of benzene rings is 7. The van der Waals surface area contributed by atoms with Crippen LogP contribution in [-0.2, 0) is 23.0 Å². The fraction of sp³-hybridized carbons (Fsp3) is 0.0526. The van der Waals surface area contributed by atoms with Crippen molar-refractivity contribution in [2.45, 2.75) is 17.7 Å². The maximum Gasteiger partial charge on any atom is 0.296 e. The topological polar surface area (TPSA) is 160 Å². The Bertz CT molecular complexity index is 3300. The molecule has 7 aromatic rings. The lowest BCUT2D eigenvalue weighted by molar-refractivity contribution is 0.467. The molecule has 0 atom stereocenters. The number of hydrogen-bond donors (Lipinski definition) is 5. The maximum absolute atomic E-state index is 12.6. The van der Waals surface area contributed by atoms with Crippen LogP contribution in [-0.4, -0.2) is 48.0 Å². The fourth-order valence-corrected chi connectivity index (χ4v) is 8.27. The van der Waals surface area contributed by atoms with Gasteiger partial charge in [-0.2, -0.15) is 8.42 Å².